The molecule has 2 N–H and O–H groups in total. The van der Waals surface area contributed by atoms with Crippen molar-refractivity contribution in [1.82, 2.24) is 10.2 Å². The van der Waals surface area contributed by atoms with Crippen LogP contribution in [0.15, 0.2) is 0 Å². The molecule has 1 aliphatic heterocycles. The lowest BCUT2D eigenvalue weighted by Crippen LogP contribution is -2.58. The Morgan fingerprint density at radius 2 is 2.00 bits per heavy atom. The molecule has 1 aliphatic carbocycles. The van der Waals surface area contributed by atoms with Crippen molar-refractivity contribution < 1.29 is 14.6 Å². The van der Waals surface area contributed by atoms with Crippen LogP contribution in [0.2, 0.25) is 0 Å². The van der Waals surface area contributed by atoms with E-state index < -0.39 is 11.5 Å². The highest BCUT2D eigenvalue weighted by Crippen LogP contribution is 2.25. The number of hydrogen-bond acceptors (Lipinski definition) is 4. The van der Waals surface area contributed by atoms with Gasteiger partial charge in [0, 0.05) is 26.3 Å². The molecule has 0 aromatic rings. The van der Waals surface area contributed by atoms with Crippen LogP contribution in [-0.2, 0) is 9.53 Å². The highest BCUT2D eigenvalue weighted by molar-refractivity contribution is 5.78. The lowest BCUT2D eigenvalue weighted by Gasteiger charge is -2.37. The molecule has 2 aliphatic rings. The highest BCUT2D eigenvalue weighted by Gasteiger charge is 2.40. The number of nitrogens with zero attached hydrogens (tertiary/aromatic N) is 1. The Morgan fingerprint density at radius 1 is 1.37 bits per heavy atom. The van der Waals surface area contributed by atoms with Gasteiger partial charge in [0.15, 0.2) is 0 Å². The number of likely N-dealkylation sites (tertiary alicyclic amines) is 1. The summed E-state index contributed by atoms with van der Waals surface area (Å²) in [4.78, 5) is 13.8. The highest BCUT2D eigenvalue weighted by atomic mass is 16.5. The number of carboxylic acids is 1. The van der Waals surface area contributed by atoms with Crippen molar-refractivity contribution >= 4 is 5.97 Å². The summed E-state index contributed by atoms with van der Waals surface area (Å²) in [6.07, 6.45) is 4.43. The van der Waals surface area contributed by atoms with E-state index in [2.05, 4.69) is 10.2 Å². The van der Waals surface area contributed by atoms with Crippen molar-refractivity contribution in [2.24, 2.45) is 5.92 Å². The summed E-state index contributed by atoms with van der Waals surface area (Å²) in [5, 5.41) is 12.8. The fourth-order valence-electron chi connectivity index (χ4n) is 2.85. The van der Waals surface area contributed by atoms with Crippen LogP contribution >= 0.6 is 0 Å². The Kier molecular flexibility index (Phi) is 4.81. The summed E-state index contributed by atoms with van der Waals surface area (Å²) in [6, 6.07) is 0.409. The summed E-state index contributed by atoms with van der Waals surface area (Å²) in [6.45, 7) is 5.18. The zero-order chi connectivity index (χ0) is 13.9. The number of rotatable bonds is 7. The minimum atomic E-state index is -0.810. The first kappa shape index (κ1) is 14.8. The Bertz CT molecular complexity index is 312. The van der Waals surface area contributed by atoms with Crippen molar-refractivity contribution in [2.45, 2.75) is 44.2 Å². The summed E-state index contributed by atoms with van der Waals surface area (Å²) >= 11 is 0. The van der Waals surface area contributed by atoms with Crippen LogP contribution in [0.1, 0.15) is 32.6 Å². The van der Waals surface area contributed by atoms with E-state index >= 15 is 0 Å². The standard InChI is InChI=1S/C14H26N2O3/c1-14(13(17)18,15-12-3-4-12)10-16-7-5-11(6-8-16)9-19-2/h11-12,15H,3-10H2,1-2H3,(H,17,18). The lowest BCUT2D eigenvalue weighted by atomic mass is 9.95. The molecular weight excluding hydrogens is 244 g/mol. The number of methoxy groups -OCH3 is 1. The SMILES string of the molecule is COCC1CCN(CC(C)(NC2CC2)C(=O)O)CC1. The van der Waals surface area contributed by atoms with Gasteiger partial charge in [0.05, 0.1) is 0 Å². The quantitative estimate of drug-likeness (QED) is 0.721. The molecular formula is C14H26N2O3. The Labute approximate surface area is 115 Å². The number of ether oxygens (including phenoxy) is 1. The molecule has 0 aromatic heterocycles. The van der Waals surface area contributed by atoms with Gasteiger partial charge in [-0.1, -0.05) is 0 Å². The van der Waals surface area contributed by atoms with E-state index in [9.17, 15) is 9.90 Å². The Balaban J connectivity index is 1.83. The fraction of sp³-hybridized carbons (Fsp3) is 0.929. The second-order valence-electron chi connectivity index (χ2n) is 6.23. The van der Waals surface area contributed by atoms with Crippen molar-refractivity contribution in [3.05, 3.63) is 0 Å². The van der Waals surface area contributed by atoms with E-state index in [1.807, 2.05) is 6.92 Å². The Hall–Kier alpha value is -0.650. The van der Waals surface area contributed by atoms with Crippen LogP contribution in [0.25, 0.3) is 0 Å². The zero-order valence-electron chi connectivity index (χ0n) is 12.0. The maximum atomic E-state index is 11.5. The Morgan fingerprint density at radius 3 is 2.47 bits per heavy atom. The molecule has 5 nitrogen and oxygen atoms in total. The second-order valence-corrected chi connectivity index (χ2v) is 6.23. The topological polar surface area (TPSA) is 61.8 Å². The first-order chi connectivity index (χ1) is 9.03. The van der Waals surface area contributed by atoms with E-state index in [0.717, 1.165) is 45.4 Å². The zero-order valence-corrected chi connectivity index (χ0v) is 12.0. The molecule has 0 aromatic carbocycles. The molecule has 0 bridgehead atoms. The number of carboxylic acid groups (broad SMARTS) is 1. The maximum absolute atomic E-state index is 11.5. The van der Waals surface area contributed by atoms with E-state index in [1.165, 1.54) is 0 Å². The van der Waals surface area contributed by atoms with Crippen molar-refractivity contribution in [2.75, 3.05) is 33.4 Å². The van der Waals surface area contributed by atoms with Crippen molar-refractivity contribution in [1.29, 1.82) is 0 Å². The minimum absolute atomic E-state index is 0.409. The molecule has 1 saturated carbocycles. The summed E-state index contributed by atoms with van der Waals surface area (Å²) < 4.78 is 5.19. The van der Waals surface area contributed by atoms with E-state index in [0.29, 0.717) is 18.5 Å². The van der Waals surface area contributed by atoms with Crippen LogP contribution in [0.4, 0.5) is 0 Å². The molecule has 2 fully saturated rings. The van der Waals surface area contributed by atoms with Crippen LogP contribution in [0.3, 0.4) is 0 Å². The number of carbonyl (C=O) groups is 1. The van der Waals surface area contributed by atoms with Crippen LogP contribution < -0.4 is 5.32 Å². The molecule has 1 saturated heterocycles. The van der Waals surface area contributed by atoms with Gasteiger partial charge in [-0.3, -0.25) is 10.1 Å². The largest absolute Gasteiger partial charge is 0.480 e. The van der Waals surface area contributed by atoms with Gasteiger partial charge < -0.3 is 14.7 Å². The normalized spacial score (nSPS) is 25.2. The summed E-state index contributed by atoms with van der Waals surface area (Å²) in [5.74, 6) is -0.104. The van der Waals surface area contributed by atoms with Crippen molar-refractivity contribution in [3.8, 4) is 0 Å². The molecule has 0 spiro atoms. The molecule has 1 unspecified atom stereocenters. The average Bonchev–Trinajstić information content (AvgIpc) is 3.15. The number of hydrogen-bond donors (Lipinski definition) is 2. The van der Waals surface area contributed by atoms with Gasteiger partial charge >= 0.3 is 5.97 Å². The smallest absolute Gasteiger partial charge is 0.324 e. The third kappa shape index (κ3) is 4.16. The summed E-state index contributed by atoms with van der Waals surface area (Å²) in [7, 11) is 1.74. The van der Waals surface area contributed by atoms with Crippen LogP contribution in [0.5, 0.6) is 0 Å². The second kappa shape index (κ2) is 6.20. The van der Waals surface area contributed by atoms with Crippen LogP contribution in [0, 0.1) is 5.92 Å². The number of aliphatic carboxylic acids is 1. The summed E-state index contributed by atoms with van der Waals surface area (Å²) in [5.41, 5.74) is -0.810. The average molecular weight is 270 g/mol. The minimum Gasteiger partial charge on any atom is -0.480 e. The molecule has 110 valence electrons. The predicted molar refractivity (Wildman–Crippen MR) is 73.2 cm³/mol. The van der Waals surface area contributed by atoms with E-state index in [1.54, 1.807) is 7.11 Å². The van der Waals surface area contributed by atoms with E-state index in [4.69, 9.17) is 4.74 Å². The van der Waals surface area contributed by atoms with Gasteiger partial charge in [-0.2, -0.15) is 0 Å². The maximum Gasteiger partial charge on any atom is 0.324 e. The molecule has 0 amide bonds. The van der Waals surface area contributed by atoms with Gasteiger partial charge in [0.25, 0.3) is 0 Å². The van der Waals surface area contributed by atoms with Gasteiger partial charge in [-0.15, -0.1) is 0 Å². The van der Waals surface area contributed by atoms with Gasteiger partial charge in [-0.25, -0.2) is 0 Å². The molecule has 0 radical (unpaired) electrons. The first-order valence-electron chi connectivity index (χ1n) is 7.26. The van der Waals surface area contributed by atoms with E-state index in [-0.39, 0.29) is 0 Å². The predicted octanol–water partition coefficient (Wildman–Crippen LogP) is 0.940. The molecule has 19 heavy (non-hydrogen) atoms. The monoisotopic (exact) mass is 270 g/mol. The third-order valence-corrected chi connectivity index (χ3v) is 4.22. The fourth-order valence-corrected chi connectivity index (χ4v) is 2.85. The number of nitrogens with one attached hydrogen (secondary N) is 1. The first-order valence-corrected chi connectivity index (χ1v) is 7.26. The third-order valence-electron chi connectivity index (χ3n) is 4.22. The van der Waals surface area contributed by atoms with Crippen molar-refractivity contribution in [3.63, 3.8) is 0 Å². The molecule has 5 heteroatoms. The van der Waals surface area contributed by atoms with Gasteiger partial charge in [-0.05, 0) is 51.6 Å². The molecule has 2 rings (SSSR count). The number of piperidine rings is 1. The lowest BCUT2D eigenvalue weighted by molar-refractivity contribution is -0.145. The van der Waals surface area contributed by atoms with Gasteiger partial charge in [0.1, 0.15) is 5.54 Å². The van der Waals surface area contributed by atoms with Crippen LogP contribution in [-0.4, -0.2) is 60.9 Å². The molecule has 1 heterocycles. The van der Waals surface area contributed by atoms with Gasteiger partial charge in [0.2, 0.25) is 0 Å². The molecule has 1 atom stereocenters.